The first-order valence-electron chi connectivity index (χ1n) is 9.15. The lowest BCUT2D eigenvalue weighted by molar-refractivity contribution is -0.519. The van der Waals surface area contributed by atoms with Crippen LogP contribution in [0.4, 0.5) is 0 Å². The third kappa shape index (κ3) is 6.57. The van der Waals surface area contributed by atoms with Crippen molar-refractivity contribution in [3.05, 3.63) is 86.8 Å². The van der Waals surface area contributed by atoms with Gasteiger partial charge in [-0.15, -0.1) is 0 Å². The maximum Gasteiger partial charge on any atom is 0.308 e. The van der Waals surface area contributed by atoms with Crippen LogP contribution in [0.2, 0.25) is 0 Å². The van der Waals surface area contributed by atoms with Crippen LogP contribution in [0.25, 0.3) is 5.76 Å². The van der Waals surface area contributed by atoms with Gasteiger partial charge in [0, 0.05) is 33.1 Å². The summed E-state index contributed by atoms with van der Waals surface area (Å²) in [5.41, 5.74) is 3.09. The maximum absolute atomic E-state index is 11.5. The van der Waals surface area contributed by atoms with E-state index in [1.165, 1.54) is 6.92 Å². The van der Waals surface area contributed by atoms with Crippen LogP contribution in [0, 0.1) is 0 Å². The van der Waals surface area contributed by atoms with Crippen molar-refractivity contribution in [1.82, 2.24) is 0 Å². The number of hydrogen-bond acceptors (Lipinski definition) is 2. The Balaban J connectivity index is 2.42. The lowest BCUT2D eigenvalue weighted by atomic mass is 10.1. The fourth-order valence-electron chi connectivity index (χ4n) is 2.75. The van der Waals surface area contributed by atoms with Gasteiger partial charge in [-0.1, -0.05) is 50.1 Å². The highest BCUT2D eigenvalue weighted by molar-refractivity contribution is 9.10. The molecular formula is C23H24Br2NO2+. The Morgan fingerprint density at radius 1 is 0.929 bits per heavy atom. The van der Waals surface area contributed by atoms with E-state index in [1.807, 2.05) is 48.6 Å². The molecule has 0 heterocycles. The van der Waals surface area contributed by atoms with Crippen molar-refractivity contribution in [2.45, 2.75) is 20.8 Å². The molecule has 0 aliphatic rings. The Morgan fingerprint density at radius 3 is 1.89 bits per heavy atom. The normalized spacial score (nSPS) is 11.5. The second-order valence-corrected chi connectivity index (χ2v) is 7.89. The highest BCUT2D eigenvalue weighted by Gasteiger charge is 2.12. The van der Waals surface area contributed by atoms with Gasteiger partial charge in [0.15, 0.2) is 0 Å². The monoisotopic (exact) mass is 504 g/mol. The molecule has 0 aliphatic heterocycles. The Hall–Kier alpha value is -1.98. The maximum atomic E-state index is 11.5. The molecule has 0 saturated carbocycles. The van der Waals surface area contributed by atoms with Crippen LogP contribution in [-0.4, -0.2) is 29.3 Å². The van der Waals surface area contributed by atoms with Gasteiger partial charge < -0.3 is 4.74 Å². The van der Waals surface area contributed by atoms with E-state index in [1.54, 1.807) is 0 Å². The van der Waals surface area contributed by atoms with E-state index in [-0.39, 0.29) is 5.97 Å². The molecular weight excluding hydrogens is 482 g/mol. The Bertz CT molecular complexity index is 889. The molecule has 2 rings (SSSR count). The fraction of sp³-hybridized carbons (Fsp3) is 0.217. The van der Waals surface area contributed by atoms with Crippen molar-refractivity contribution in [2.24, 2.45) is 0 Å². The lowest BCUT2D eigenvalue weighted by Crippen LogP contribution is -2.20. The van der Waals surface area contributed by atoms with E-state index in [0.29, 0.717) is 5.76 Å². The Morgan fingerprint density at radius 2 is 1.43 bits per heavy atom. The van der Waals surface area contributed by atoms with E-state index in [4.69, 9.17) is 4.74 Å². The molecule has 0 unspecified atom stereocenters. The molecule has 0 saturated heterocycles. The molecule has 28 heavy (non-hydrogen) atoms. The highest BCUT2D eigenvalue weighted by atomic mass is 79.9. The third-order valence-corrected chi connectivity index (χ3v) is 5.19. The smallest absolute Gasteiger partial charge is 0.308 e. The minimum Gasteiger partial charge on any atom is -0.426 e. The van der Waals surface area contributed by atoms with Gasteiger partial charge in [0.1, 0.15) is 18.8 Å². The summed E-state index contributed by atoms with van der Waals surface area (Å²) in [6.45, 7) is 7.49. The quantitative estimate of drug-likeness (QED) is 0.147. The Kier molecular flexibility index (Phi) is 8.87. The van der Waals surface area contributed by atoms with E-state index in [9.17, 15) is 4.79 Å². The molecule has 0 bridgehead atoms. The molecule has 3 nitrogen and oxygen atoms in total. The molecule has 0 atom stereocenters. The largest absolute Gasteiger partial charge is 0.426 e. The summed E-state index contributed by atoms with van der Waals surface area (Å²) in [5, 5.41) is 0. The topological polar surface area (TPSA) is 29.3 Å². The lowest BCUT2D eigenvalue weighted by Gasteiger charge is -2.07. The second-order valence-electron chi connectivity index (χ2n) is 6.05. The molecule has 5 heteroatoms. The molecule has 0 spiro atoms. The molecule has 0 aromatic heterocycles. The van der Waals surface area contributed by atoms with Crippen LogP contribution < -0.4 is 0 Å². The van der Waals surface area contributed by atoms with Crippen molar-refractivity contribution in [1.29, 1.82) is 0 Å². The van der Waals surface area contributed by atoms with Crippen LogP contribution in [0.5, 0.6) is 0 Å². The number of halogens is 2. The molecule has 0 radical (unpaired) electrons. The van der Waals surface area contributed by atoms with Gasteiger partial charge in [0.2, 0.25) is 5.71 Å². The zero-order valence-electron chi connectivity index (χ0n) is 16.3. The third-order valence-electron chi connectivity index (χ3n) is 4.13. The summed E-state index contributed by atoms with van der Waals surface area (Å²) >= 11 is 6.92. The van der Waals surface area contributed by atoms with E-state index >= 15 is 0 Å². The van der Waals surface area contributed by atoms with Crippen LogP contribution in [-0.2, 0) is 9.53 Å². The van der Waals surface area contributed by atoms with Crippen molar-refractivity contribution in [2.75, 3.05) is 13.1 Å². The van der Waals surface area contributed by atoms with Gasteiger partial charge >= 0.3 is 5.97 Å². The number of nitrogens with zero attached hydrogens (tertiary/aromatic N) is 1. The minimum atomic E-state index is -0.344. The fourth-order valence-corrected chi connectivity index (χ4v) is 3.28. The molecule has 146 valence electrons. The highest BCUT2D eigenvalue weighted by Crippen LogP contribution is 2.20. The van der Waals surface area contributed by atoms with Crippen molar-refractivity contribution < 1.29 is 14.1 Å². The van der Waals surface area contributed by atoms with Gasteiger partial charge in [-0.2, -0.15) is 0 Å². The number of ether oxygens (including phenoxy) is 1. The minimum absolute atomic E-state index is 0.344. The molecule has 0 N–H and O–H groups in total. The number of hydrogen-bond donors (Lipinski definition) is 0. The number of benzene rings is 2. The molecule has 0 aliphatic carbocycles. The van der Waals surface area contributed by atoms with E-state index in [0.717, 1.165) is 38.9 Å². The van der Waals surface area contributed by atoms with Gasteiger partial charge in [0.25, 0.3) is 0 Å². The SMILES string of the molecule is CC[N+](CC)=C(/C=C/C=C(/OC(C)=O)c1ccc(Br)cc1)c1ccc(Br)cc1. The van der Waals surface area contributed by atoms with Crippen LogP contribution in [0.15, 0.2) is 75.7 Å². The van der Waals surface area contributed by atoms with Crippen LogP contribution in [0.3, 0.4) is 0 Å². The number of carbonyl (C=O) groups is 1. The van der Waals surface area contributed by atoms with Crippen LogP contribution >= 0.6 is 31.9 Å². The Labute approximate surface area is 183 Å². The van der Waals surface area contributed by atoms with Crippen molar-refractivity contribution >= 4 is 49.3 Å². The predicted octanol–water partition coefficient (Wildman–Crippen LogP) is 6.21. The molecule has 2 aromatic carbocycles. The van der Waals surface area contributed by atoms with Crippen molar-refractivity contribution in [3.63, 3.8) is 0 Å². The second kappa shape index (κ2) is 11.1. The first-order valence-corrected chi connectivity index (χ1v) is 10.7. The average Bonchev–Trinajstić information content (AvgIpc) is 2.68. The van der Waals surface area contributed by atoms with Gasteiger partial charge in [-0.3, -0.25) is 4.79 Å². The molecule has 0 fully saturated rings. The van der Waals surface area contributed by atoms with E-state index < -0.39 is 0 Å². The van der Waals surface area contributed by atoms with Gasteiger partial charge in [-0.25, -0.2) is 4.58 Å². The van der Waals surface area contributed by atoms with E-state index in [2.05, 4.69) is 68.5 Å². The number of allylic oxidation sites excluding steroid dienone is 3. The zero-order chi connectivity index (χ0) is 20.5. The predicted molar refractivity (Wildman–Crippen MR) is 123 cm³/mol. The summed E-state index contributed by atoms with van der Waals surface area (Å²) < 4.78 is 9.73. The number of rotatable bonds is 7. The summed E-state index contributed by atoms with van der Waals surface area (Å²) in [6, 6.07) is 15.9. The van der Waals surface area contributed by atoms with Crippen molar-refractivity contribution in [3.8, 4) is 0 Å². The molecule has 0 amide bonds. The summed E-state index contributed by atoms with van der Waals surface area (Å²) in [5.74, 6) is 0.175. The first kappa shape index (κ1) is 22.3. The van der Waals surface area contributed by atoms with Gasteiger partial charge in [0.05, 0.1) is 0 Å². The molecule has 2 aromatic rings. The van der Waals surface area contributed by atoms with Gasteiger partial charge in [-0.05, 0) is 56.3 Å². The number of carbonyl (C=O) groups excluding carboxylic acids is 1. The summed E-state index contributed by atoms with van der Waals surface area (Å²) in [4.78, 5) is 11.5. The zero-order valence-corrected chi connectivity index (χ0v) is 19.5. The van der Waals surface area contributed by atoms with Crippen LogP contribution in [0.1, 0.15) is 31.9 Å². The standard InChI is InChI=1S/C23H24Br2NO2/c1-4-26(5-2)22(18-9-13-20(24)14-10-18)7-6-8-23(28-17(3)27)19-11-15-21(25)16-12-19/h6-16H,4-5H2,1-3H3/q+1/b7-6+,23-8+. The summed E-state index contributed by atoms with van der Waals surface area (Å²) in [6.07, 6.45) is 5.81. The number of esters is 1. The first-order chi connectivity index (χ1) is 13.4. The summed E-state index contributed by atoms with van der Waals surface area (Å²) in [7, 11) is 0. The average molecular weight is 506 g/mol.